The third-order valence-electron chi connectivity index (χ3n) is 2.33. The van der Waals surface area contributed by atoms with Crippen molar-refractivity contribution in [2.24, 2.45) is 0 Å². The lowest BCUT2D eigenvalue weighted by Crippen LogP contribution is -2.02. The van der Waals surface area contributed by atoms with E-state index >= 15 is 0 Å². The van der Waals surface area contributed by atoms with Gasteiger partial charge < -0.3 is 5.32 Å². The average molecular weight is 239 g/mol. The summed E-state index contributed by atoms with van der Waals surface area (Å²) in [7, 11) is 0. The maximum Gasteiger partial charge on any atom is 0.128 e. The minimum atomic E-state index is -0.416. The van der Waals surface area contributed by atoms with Gasteiger partial charge in [-0.05, 0) is 36.1 Å². The summed E-state index contributed by atoms with van der Waals surface area (Å²) in [6, 6.07) is 3.48. The number of anilines is 1. The molecule has 2 rings (SSSR count). The smallest absolute Gasteiger partial charge is 0.128 e. The maximum atomic E-state index is 13.3. The largest absolute Gasteiger partial charge is 0.380 e. The molecule has 0 fully saturated rings. The van der Waals surface area contributed by atoms with Crippen molar-refractivity contribution < 1.29 is 8.78 Å². The first kappa shape index (κ1) is 11.1. The molecule has 4 heteroatoms. The van der Waals surface area contributed by atoms with Gasteiger partial charge in [-0.1, -0.05) is 0 Å². The molecule has 0 amide bonds. The molecule has 0 aliphatic heterocycles. The van der Waals surface area contributed by atoms with Crippen LogP contribution >= 0.6 is 11.3 Å². The van der Waals surface area contributed by atoms with Crippen molar-refractivity contribution in [1.29, 1.82) is 0 Å². The summed E-state index contributed by atoms with van der Waals surface area (Å²) in [4.78, 5) is 0. The van der Waals surface area contributed by atoms with E-state index in [1.165, 1.54) is 6.07 Å². The van der Waals surface area contributed by atoms with Crippen LogP contribution in [0.3, 0.4) is 0 Å². The van der Waals surface area contributed by atoms with Gasteiger partial charge in [0.25, 0.3) is 0 Å². The van der Waals surface area contributed by atoms with Crippen molar-refractivity contribution in [1.82, 2.24) is 0 Å². The molecule has 1 nitrogen and oxygen atoms in total. The summed E-state index contributed by atoms with van der Waals surface area (Å²) in [6.07, 6.45) is 0. The highest BCUT2D eigenvalue weighted by molar-refractivity contribution is 7.08. The Labute approximate surface area is 96.7 Å². The molecule has 0 atom stereocenters. The first-order valence-corrected chi connectivity index (χ1v) is 5.81. The van der Waals surface area contributed by atoms with Gasteiger partial charge >= 0.3 is 0 Å². The number of hydrogen-bond donors (Lipinski definition) is 1. The SMILES string of the molecule is Cc1cscc1NCc1cc(F)ccc1F. The Kier molecular flexibility index (Phi) is 3.19. The number of benzene rings is 1. The topological polar surface area (TPSA) is 12.0 Å². The summed E-state index contributed by atoms with van der Waals surface area (Å²) >= 11 is 1.58. The zero-order valence-corrected chi connectivity index (χ0v) is 9.57. The van der Waals surface area contributed by atoms with Gasteiger partial charge in [0, 0.05) is 23.2 Å². The zero-order chi connectivity index (χ0) is 11.5. The predicted octanol–water partition coefficient (Wildman–Crippen LogP) is 3.95. The van der Waals surface area contributed by atoms with Crippen LogP contribution < -0.4 is 5.32 Å². The molecule has 0 unspecified atom stereocenters. The molecule has 0 bridgehead atoms. The third kappa shape index (κ3) is 2.39. The number of rotatable bonds is 3. The van der Waals surface area contributed by atoms with Crippen LogP contribution in [0.15, 0.2) is 29.0 Å². The fourth-order valence-electron chi connectivity index (χ4n) is 1.41. The van der Waals surface area contributed by atoms with Gasteiger partial charge in [-0.2, -0.15) is 0 Å². The quantitative estimate of drug-likeness (QED) is 0.855. The second-order valence-corrected chi connectivity index (χ2v) is 4.30. The fraction of sp³-hybridized carbons (Fsp3) is 0.167. The molecule has 16 heavy (non-hydrogen) atoms. The summed E-state index contributed by atoms with van der Waals surface area (Å²) < 4.78 is 26.2. The molecule has 1 heterocycles. The van der Waals surface area contributed by atoms with Crippen LogP contribution in [0.4, 0.5) is 14.5 Å². The Morgan fingerprint density at radius 1 is 1.25 bits per heavy atom. The van der Waals surface area contributed by atoms with Crippen LogP contribution in [0.1, 0.15) is 11.1 Å². The highest BCUT2D eigenvalue weighted by atomic mass is 32.1. The molecule has 0 saturated carbocycles. The molecule has 0 radical (unpaired) electrons. The van der Waals surface area contributed by atoms with Gasteiger partial charge in [-0.15, -0.1) is 11.3 Å². The zero-order valence-electron chi connectivity index (χ0n) is 8.76. The second-order valence-electron chi connectivity index (χ2n) is 3.56. The first-order valence-electron chi connectivity index (χ1n) is 4.87. The Morgan fingerprint density at radius 3 is 2.75 bits per heavy atom. The number of hydrogen-bond acceptors (Lipinski definition) is 2. The molecule has 84 valence electrons. The maximum absolute atomic E-state index is 13.3. The van der Waals surface area contributed by atoms with E-state index in [4.69, 9.17) is 0 Å². The summed E-state index contributed by atoms with van der Waals surface area (Å²) in [6.45, 7) is 2.27. The lowest BCUT2D eigenvalue weighted by atomic mass is 10.2. The molecular weight excluding hydrogens is 228 g/mol. The van der Waals surface area contributed by atoms with Crippen LogP contribution in [0, 0.1) is 18.6 Å². The molecule has 2 aromatic rings. The Hall–Kier alpha value is -1.42. The van der Waals surface area contributed by atoms with Crippen molar-refractivity contribution >= 4 is 17.0 Å². The summed E-state index contributed by atoms with van der Waals surface area (Å²) in [5.41, 5.74) is 2.42. The normalized spacial score (nSPS) is 10.4. The van der Waals surface area contributed by atoms with Crippen LogP contribution in [0.2, 0.25) is 0 Å². The van der Waals surface area contributed by atoms with E-state index < -0.39 is 5.82 Å². The molecule has 1 N–H and O–H groups in total. The van der Waals surface area contributed by atoms with Crippen molar-refractivity contribution in [3.05, 3.63) is 51.7 Å². The van der Waals surface area contributed by atoms with E-state index in [-0.39, 0.29) is 5.82 Å². The Morgan fingerprint density at radius 2 is 2.06 bits per heavy atom. The third-order valence-corrected chi connectivity index (χ3v) is 3.19. The Balaban J connectivity index is 2.10. The van der Waals surface area contributed by atoms with Gasteiger partial charge in [0.05, 0.1) is 0 Å². The van der Waals surface area contributed by atoms with Crippen molar-refractivity contribution in [3.8, 4) is 0 Å². The summed E-state index contributed by atoms with van der Waals surface area (Å²) in [5, 5.41) is 7.04. The van der Waals surface area contributed by atoms with Crippen molar-refractivity contribution in [2.45, 2.75) is 13.5 Å². The molecule has 0 aliphatic rings. The van der Waals surface area contributed by atoms with E-state index in [0.29, 0.717) is 12.1 Å². The minimum Gasteiger partial charge on any atom is -0.380 e. The highest BCUT2D eigenvalue weighted by Gasteiger charge is 2.04. The number of aryl methyl sites for hydroxylation is 1. The van der Waals surface area contributed by atoms with Gasteiger partial charge in [0.2, 0.25) is 0 Å². The molecule has 1 aromatic carbocycles. The van der Waals surface area contributed by atoms with E-state index in [1.54, 1.807) is 11.3 Å². The number of thiophene rings is 1. The lowest BCUT2D eigenvalue weighted by molar-refractivity contribution is 0.587. The van der Waals surface area contributed by atoms with Crippen LogP contribution in [0.25, 0.3) is 0 Å². The van der Waals surface area contributed by atoms with Gasteiger partial charge in [-0.25, -0.2) is 8.78 Å². The standard InChI is InChI=1S/C12H11F2NS/c1-8-6-16-7-12(8)15-5-9-4-10(13)2-3-11(9)14/h2-4,6-7,15H,5H2,1H3. The van der Waals surface area contributed by atoms with Gasteiger partial charge in [0.1, 0.15) is 11.6 Å². The Bertz CT molecular complexity index is 494. The van der Waals surface area contributed by atoms with E-state index in [9.17, 15) is 8.78 Å². The van der Waals surface area contributed by atoms with Crippen molar-refractivity contribution in [2.75, 3.05) is 5.32 Å². The van der Waals surface area contributed by atoms with Crippen LogP contribution in [-0.4, -0.2) is 0 Å². The highest BCUT2D eigenvalue weighted by Crippen LogP contribution is 2.20. The van der Waals surface area contributed by atoms with Gasteiger partial charge in [0.15, 0.2) is 0 Å². The molecule has 1 aromatic heterocycles. The van der Waals surface area contributed by atoms with Crippen LogP contribution in [-0.2, 0) is 6.54 Å². The van der Waals surface area contributed by atoms with E-state index in [0.717, 1.165) is 23.4 Å². The molecule has 0 aliphatic carbocycles. The molecular formula is C12H11F2NS. The predicted molar refractivity (Wildman–Crippen MR) is 62.7 cm³/mol. The average Bonchev–Trinajstić information content (AvgIpc) is 2.66. The van der Waals surface area contributed by atoms with E-state index in [1.807, 2.05) is 17.7 Å². The number of halogens is 2. The monoisotopic (exact) mass is 239 g/mol. The van der Waals surface area contributed by atoms with Gasteiger partial charge in [-0.3, -0.25) is 0 Å². The van der Waals surface area contributed by atoms with Crippen molar-refractivity contribution in [3.63, 3.8) is 0 Å². The second kappa shape index (κ2) is 4.61. The molecule has 0 spiro atoms. The lowest BCUT2D eigenvalue weighted by Gasteiger charge is -2.06. The van der Waals surface area contributed by atoms with E-state index in [2.05, 4.69) is 5.32 Å². The minimum absolute atomic E-state index is 0.293. The molecule has 0 saturated heterocycles. The summed E-state index contributed by atoms with van der Waals surface area (Å²) in [5.74, 6) is -0.804. The van der Waals surface area contributed by atoms with Crippen LogP contribution in [0.5, 0.6) is 0 Å². The number of nitrogens with one attached hydrogen (secondary N) is 1. The fourth-order valence-corrected chi connectivity index (χ4v) is 2.22. The first-order chi connectivity index (χ1) is 7.66.